The highest BCUT2D eigenvalue weighted by molar-refractivity contribution is 5.66. The van der Waals surface area contributed by atoms with Gasteiger partial charge in [-0.15, -0.1) is 0 Å². The SMILES string of the molecule is CCCCC/C=C\C/C(=C\CCCCCCCC(=O)O)COO. The molecule has 0 amide bonds. The van der Waals surface area contributed by atoms with E-state index in [1.54, 1.807) is 0 Å². The summed E-state index contributed by atoms with van der Waals surface area (Å²) >= 11 is 0. The molecule has 0 bridgehead atoms. The molecule has 0 atom stereocenters. The lowest BCUT2D eigenvalue weighted by molar-refractivity contribution is -0.234. The molecular formula is C19H34O4. The second-order valence-electron chi connectivity index (χ2n) is 6.01. The third-order valence-electron chi connectivity index (χ3n) is 3.80. The summed E-state index contributed by atoms with van der Waals surface area (Å²) < 4.78 is 0. The zero-order chi connectivity index (χ0) is 17.2. The molecule has 23 heavy (non-hydrogen) atoms. The van der Waals surface area contributed by atoms with E-state index in [9.17, 15) is 4.79 Å². The Morgan fingerprint density at radius 3 is 2.35 bits per heavy atom. The predicted octanol–water partition coefficient (Wildman–Crippen LogP) is 5.74. The fraction of sp³-hybridized carbons (Fsp3) is 0.737. The quantitative estimate of drug-likeness (QED) is 0.164. The molecule has 0 aromatic rings. The fourth-order valence-corrected chi connectivity index (χ4v) is 2.41. The van der Waals surface area contributed by atoms with Gasteiger partial charge in [-0.3, -0.25) is 10.1 Å². The van der Waals surface area contributed by atoms with Crippen molar-refractivity contribution in [2.24, 2.45) is 0 Å². The highest BCUT2D eigenvalue weighted by Crippen LogP contribution is 2.11. The maximum absolute atomic E-state index is 10.4. The highest BCUT2D eigenvalue weighted by atomic mass is 17.1. The Morgan fingerprint density at radius 2 is 1.65 bits per heavy atom. The van der Waals surface area contributed by atoms with Crippen LogP contribution in [0.1, 0.15) is 84.0 Å². The molecule has 0 aromatic heterocycles. The molecule has 4 nitrogen and oxygen atoms in total. The smallest absolute Gasteiger partial charge is 0.303 e. The van der Waals surface area contributed by atoms with Gasteiger partial charge in [-0.05, 0) is 44.1 Å². The number of unbranched alkanes of at least 4 members (excludes halogenated alkanes) is 8. The molecule has 0 rings (SSSR count). The van der Waals surface area contributed by atoms with Crippen molar-refractivity contribution >= 4 is 5.97 Å². The molecule has 0 spiro atoms. The summed E-state index contributed by atoms with van der Waals surface area (Å²) in [5.41, 5.74) is 1.12. The lowest BCUT2D eigenvalue weighted by Gasteiger charge is -2.03. The van der Waals surface area contributed by atoms with Crippen molar-refractivity contribution < 1.29 is 20.0 Å². The Hall–Kier alpha value is -1.13. The maximum Gasteiger partial charge on any atom is 0.303 e. The van der Waals surface area contributed by atoms with E-state index < -0.39 is 5.97 Å². The minimum absolute atomic E-state index is 0.276. The third kappa shape index (κ3) is 17.1. The average Bonchev–Trinajstić information content (AvgIpc) is 2.52. The molecule has 0 unspecified atom stereocenters. The van der Waals surface area contributed by atoms with E-state index in [4.69, 9.17) is 10.4 Å². The summed E-state index contributed by atoms with van der Waals surface area (Å²) in [5, 5.41) is 17.2. The molecule has 0 saturated carbocycles. The molecule has 2 N–H and O–H groups in total. The topological polar surface area (TPSA) is 66.8 Å². The zero-order valence-electron chi connectivity index (χ0n) is 14.6. The zero-order valence-corrected chi connectivity index (χ0v) is 14.6. The van der Waals surface area contributed by atoms with Gasteiger partial charge in [-0.1, -0.05) is 57.3 Å². The number of hydrogen-bond acceptors (Lipinski definition) is 3. The van der Waals surface area contributed by atoms with Crippen molar-refractivity contribution in [3.05, 3.63) is 23.8 Å². The van der Waals surface area contributed by atoms with Gasteiger partial charge < -0.3 is 5.11 Å². The van der Waals surface area contributed by atoms with Crippen molar-refractivity contribution in [2.45, 2.75) is 84.0 Å². The van der Waals surface area contributed by atoms with E-state index in [0.717, 1.165) is 56.9 Å². The minimum atomic E-state index is -0.704. The first-order valence-electron chi connectivity index (χ1n) is 9.01. The first-order chi connectivity index (χ1) is 11.2. The van der Waals surface area contributed by atoms with Crippen molar-refractivity contribution in [1.29, 1.82) is 0 Å². The molecule has 0 aliphatic rings. The van der Waals surface area contributed by atoms with Crippen LogP contribution in [0.4, 0.5) is 0 Å². The Labute approximate surface area is 141 Å². The minimum Gasteiger partial charge on any atom is -0.481 e. The molecular weight excluding hydrogens is 292 g/mol. The van der Waals surface area contributed by atoms with Gasteiger partial charge in [-0.25, -0.2) is 4.89 Å². The number of aliphatic carboxylic acids is 1. The van der Waals surface area contributed by atoms with Crippen LogP contribution in [0.25, 0.3) is 0 Å². The third-order valence-corrected chi connectivity index (χ3v) is 3.80. The highest BCUT2D eigenvalue weighted by Gasteiger charge is 1.98. The normalized spacial score (nSPS) is 12.2. The van der Waals surface area contributed by atoms with Crippen LogP contribution >= 0.6 is 0 Å². The number of hydrogen-bond donors (Lipinski definition) is 2. The number of rotatable bonds is 16. The summed E-state index contributed by atoms with van der Waals surface area (Å²) in [6.07, 6.45) is 18.6. The Balaban J connectivity index is 3.74. The molecule has 0 aromatic carbocycles. The average molecular weight is 326 g/mol. The predicted molar refractivity (Wildman–Crippen MR) is 94.5 cm³/mol. The number of allylic oxidation sites excluding steroid dienone is 3. The first-order valence-corrected chi connectivity index (χ1v) is 9.01. The van der Waals surface area contributed by atoms with E-state index in [2.05, 4.69) is 30.0 Å². The molecule has 0 heterocycles. The van der Waals surface area contributed by atoms with Gasteiger partial charge in [0.05, 0.1) is 0 Å². The lowest BCUT2D eigenvalue weighted by Crippen LogP contribution is -1.94. The number of carboxylic acid groups (broad SMARTS) is 1. The first kappa shape index (κ1) is 21.9. The van der Waals surface area contributed by atoms with Crippen LogP contribution in [-0.2, 0) is 9.68 Å². The van der Waals surface area contributed by atoms with E-state index in [1.165, 1.54) is 19.3 Å². The van der Waals surface area contributed by atoms with Crippen molar-refractivity contribution in [3.63, 3.8) is 0 Å². The second kappa shape index (κ2) is 17.2. The summed E-state index contributed by atoms with van der Waals surface area (Å²) in [5.74, 6) is -0.704. The van der Waals surface area contributed by atoms with E-state index in [1.807, 2.05) is 0 Å². The fourth-order valence-electron chi connectivity index (χ4n) is 2.41. The summed E-state index contributed by atoms with van der Waals surface area (Å²) in [6, 6.07) is 0. The van der Waals surface area contributed by atoms with Gasteiger partial charge in [-0.2, -0.15) is 0 Å². The Kier molecular flexibility index (Phi) is 16.4. The molecule has 0 radical (unpaired) electrons. The van der Waals surface area contributed by atoms with Gasteiger partial charge >= 0.3 is 5.97 Å². The molecule has 0 saturated heterocycles. The molecule has 0 aliphatic carbocycles. The van der Waals surface area contributed by atoms with Crippen molar-refractivity contribution in [1.82, 2.24) is 0 Å². The molecule has 0 aliphatic heterocycles. The van der Waals surface area contributed by atoms with Gasteiger partial charge in [0.1, 0.15) is 6.61 Å². The maximum atomic E-state index is 10.4. The number of carbonyl (C=O) groups is 1. The van der Waals surface area contributed by atoms with E-state index >= 15 is 0 Å². The summed E-state index contributed by atoms with van der Waals surface area (Å²) in [4.78, 5) is 14.7. The van der Waals surface area contributed by atoms with Crippen molar-refractivity contribution in [2.75, 3.05) is 6.61 Å². The molecule has 4 heteroatoms. The van der Waals surface area contributed by atoms with Gasteiger partial charge in [0.2, 0.25) is 0 Å². The Bertz CT molecular complexity index is 334. The van der Waals surface area contributed by atoms with Crippen LogP contribution in [0.3, 0.4) is 0 Å². The molecule has 134 valence electrons. The second-order valence-corrected chi connectivity index (χ2v) is 6.01. The van der Waals surface area contributed by atoms with Gasteiger partial charge in [0.25, 0.3) is 0 Å². The standard InChI is InChI=1S/C19H34O4/c1-2-3-4-5-8-11-14-18(17-23-22)15-12-9-6-7-10-13-16-19(20)21/h8,11,15,22H,2-7,9-10,12-14,16-17H2,1H3,(H,20,21)/b11-8-,18-15+. The van der Waals surface area contributed by atoms with Gasteiger partial charge in [0.15, 0.2) is 0 Å². The van der Waals surface area contributed by atoms with Crippen LogP contribution < -0.4 is 0 Å². The van der Waals surface area contributed by atoms with Crippen LogP contribution in [-0.4, -0.2) is 22.9 Å². The summed E-state index contributed by atoms with van der Waals surface area (Å²) in [7, 11) is 0. The molecule has 0 fully saturated rings. The summed E-state index contributed by atoms with van der Waals surface area (Å²) in [6.45, 7) is 2.48. The van der Waals surface area contributed by atoms with Crippen LogP contribution in [0.5, 0.6) is 0 Å². The van der Waals surface area contributed by atoms with E-state index in [-0.39, 0.29) is 13.0 Å². The Morgan fingerprint density at radius 1 is 0.957 bits per heavy atom. The van der Waals surface area contributed by atoms with Crippen LogP contribution in [0.2, 0.25) is 0 Å². The van der Waals surface area contributed by atoms with Crippen LogP contribution in [0, 0.1) is 0 Å². The van der Waals surface area contributed by atoms with E-state index in [0.29, 0.717) is 0 Å². The monoisotopic (exact) mass is 326 g/mol. The van der Waals surface area contributed by atoms with Crippen molar-refractivity contribution in [3.8, 4) is 0 Å². The number of carboxylic acids is 1. The lowest BCUT2D eigenvalue weighted by atomic mass is 10.1. The largest absolute Gasteiger partial charge is 0.481 e. The van der Waals surface area contributed by atoms with Gasteiger partial charge in [0, 0.05) is 6.42 Å². The van der Waals surface area contributed by atoms with Crippen LogP contribution in [0.15, 0.2) is 23.8 Å².